The van der Waals surface area contributed by atoms with E-state index in [9.17, 15) is 0 Å². The third-order valence-electron chi connectivity index (χ3n) is 4.04. The minimum Gasteiger partial charge on any atom is -0.262 e. The average Bonchev–Trinajstić information content (AvgIpc) is 2.92. The maximum atomic E-state index is 6.00. The summed E-state index contributed by atoms with van der Waals surface area (Å²) in [5, 5.41) is 5.38. The van der Waals surface area contributed by atoms with Gasteiger partial charge in [-0.3, -0.25) is 4.68 Å². The van der Waals surface area contributed by atoms with Crippen molar-refractivity contribution in [2.75, 3.05) is 0 Å². The molecule has 0 aliphatic rings. The van der Waals surface area contributed by atoms with Crippen molar-refractivity contribution >= 4 is 17.2 Å². The van der Waals surface area contributed by atoms with Crippen LogP contribution in [-0.2, 0) is 0 Å². The fourth-order valence-electron chi connectivity index (χ4n) is 2.80. The molecular formula is C19H25ClN2. The van der Waals surface area contributed by atoms with Crippen molar-refractivity contribution < 1.29 is 0 Å². The van der Waals surface area contributed by atoms with E-state index in [0.29, 0.717) is 6.04 Å². The van der Waals surface area contributed by atoms with Crippen molar-refractivity contribution in [1.82, 2.24) is 9.78 Å². The molecule has 0 bridgehead atoms. The van der Waals surface area contributed by atoms with Crippen LogP contribution < -0.4 is 0 Å². The minimum absolute atomic E-state index is 0.272. The Morgan fingerprint density at radius 1 is 1.23 bits per heavy atom. The van der Waals surface area contributed by atoms with Gasteiger partial charge in [-0.15, -0.1) is 0 Å². The number of benzene rings is 1. The zero-order valence-electron chi connectivity index (χ0n) is 13.9. The molecule has 118 valence electrons. The van der Waals surface area contributed by atoms with Crippen molar-refractivity contribution in [3.63, 3.8) is 0 Å². The molecule has 1 aromatic carbocycles. The van der Waals surface area contributed by atoms with E-state index in [2.05, 4.69) is 56.2 Å². The van der Waals surface area contributed by atoms with Crippen LogP contribution in [0.15, 0.2) is 37.0 Å². The zero-order chi connectivity index (χ0) is 16.3. The fraction of sp³-hybridized carbons (Fsp3) is 0.421. The van der Waals surface area contributed by atoms with Gasteiger partial charge in [-0.05, 0) is 43.5 Å². The average molecular weight is 317 g/mol. The SMILES string of the molecule is C=C(CCC)c1c(C(C)c2ccc(Cl)cc2)cnn1C(C)C. The highest BCUT2D eigenvalue weighted by atomic mass is 35.5. The van der Waals surface area contributed by atoms with Gasteiger partial charge in [-0.25, -0.2) is 0 Å². The minimum atomic E-state index is 0.272. The Kier molecular flexibility index (Phi) is 5.47. The quantitative estimate of drug-likeness (QED) is 0.631. The largest absolute Gasteiger partial charge is 0.262 e. The Labute approximate surface area is 138 Å². The first kappa shape index (κ1) is 16.8. The van der Waals surface area contributed by atoms with Gasteiger partial charge in [0.05, 0.1) is 11.9 Å². The monoisotopic (exact) mass is 316 g/mol. The summed E-state index contributed by atoms with van der Waals surface area (Å²) in [4.78, 5) is 0. The lowest BCUT2D eigenvalue weighted by Crippen LogP contribution is -2.09. The topological polar surface area (TPSA) is 17.8 Å². The van der Waals surface area contributed by atoms with Crippen molar-refractivity contribution in [2.24, 2.45) is 0 Å². The lowest BCUT2D eigenvalue weighted by Gasteiger charge is -2.18. The fourth-order valence-corrected chi connectivity index (χ4v) is 2.93. The molecule has 0 aliphatic heterocycles. The summed E-state index contributed by atoms with van der Waals surface area (Å²) in [5.41, 5.74) is 4.86. The molecule has 2 rings (SSSR count). The molecule has 0 aliphatic carbocycles. The summed E-state index contributed by atoms with van der Waals surface area (Å²) in [5.74, 6) is 0.272. The highest BCUT2D eigenvalue weighted by Gasteiger charge is 2.20. The first-order valence-electron chi connectivity index (χ1n) is 7.96. The molecule has 22 heavy (non-hydrogen) atoms. The van der Waals surface area contributed by atoms with Crippen LogP contribution in [0, 0.1) is 0 Å². The van der Waals surface area contributed by atoms with E-state index in [0.717, 1.165) is 17.9 Å². The van der Waals surface area contributed by atoms with Crippen LogP contribution in [-0.4, -0.2) is 9.78 Å². The highest BCUT2D eigenvalue weighted by Crippen LogP contribution is 2.33. The third kappa shape index (κ3) is 3.44. The Morgan fingerprint density at radius 3 is 2.41 bits per heavy atom. The number of rotatable bonds is 6. The summed E-state index contributed by atoms with van der Waals surface area (Å²) in [6.45, 7) is 13.0. The van der Waals surface area contributed by atoms with Gasteiger partial charge in [-0.1, -0.05) is 50.6 Å². The number of nitrogens with zero attached hydrogens (tertiary/aromatic N) is 2. The van der Waals surface area contributed by atoms with Crippen LogP contribution >= 0.6 is 11.6 Å². The molecule has 0 spiro atoms. The van der Waals surface area contributed by atoms with Gasteiger partial charge in [0.2, 0.25) is 0 Å². The Balaban J connectivity index is 2.45. The lowest BCUT2D eigenvalue weighted by molar-refractivity contribution is 0.525. The first-order valence-corrected chi connectivity index (χ1v) is 8.34. The second-order valence-corrected chi connectivity index (χ2v) is 6.55. The van der Waals surface area contributed by atoms with Gasteiger partial charge in [0.25, 0.3) is 0 Å². The molecule has 0 amide bonds. The van der Waals surface area contributed by atoms with E-state index < -0.39 is 0 Å². The molecule has 0 saturated heterocycles. The number of allylic oxidation sites excluding steroid dienone is 1. The second-order valence-electron chi connectivity index (χ2n) is 6.11. The maximum Gasteiger partial charge on any atom is 0.0677 e. The summed E-state index contributed by atoms with van der Waals surface area (Å²) in [6, 6.07) is 8.40. The van der Waals surface area contributed by atoms with E-state index in [-0.39, 0.29) is 5.92 Å². The Hall–Kier alpha value is -1.54. The number of aromatic nitrogens is 2. The molecule has 1 heterocycles. The van der Waals surface area contributed by atoms with E-state index in [1.54, 1.807) is 0 Å². The molecule has 0 N–H and O–H groups in total. The van der Waals surface area contributed by atoms with Crippen LogP contribution in [0.4, 0.5) is 0 Å². The number of halogens is 1. The standard InChI is InChI=1S/C19H25ClN2/c1-6-7-14(4)19-18(12-21-22(19)13(2)3)15(5)16-8-10-17(20)11-9-16/h8-13,15H,4,6-7H2,1-3,5H3. The summed E-state index contributed by atoms with van der Waals surface area (Å²) in [6.07, 6.45) is 4.09. The highest BCUT2D eigenvalue weighted by molar-refractivity contribution is 6.30. The summed E-state index contributed by atoms with van der Waals surface area (Å²) < 4.78 is 2.10. The van der Waals surface area contributed by atoms with E-state index in [4.69, 9.17) is 11.6 Å². The maximum absolute atomic E-state index is 6.00. The molecule has 0 radical (unpaired) electrons. The van der Waals surface area contributed by atoms with Crippen LogP contribution in [0.3, 0.4) is 0 Å². The van der Waals surface area contributed by atoms with Crippen molar-refractivity contribution in [3.05, 3.63) is 58.9 Å². The predicted octanol–water partition coefficient (Wildman–Crippen LogP) is 6.08. The Bertz CT molecular complexity index is 638. The third-order valence-corrected chi connectivity index (χ3v) is 4.29. The first-order chi connectivity index (χ1) is 10.5. The van der Waals surface area contributed by atoms with Gasteiger partial charge < -0.3 is 0 Å². The molecule has 1 unspecified atom stereocenters. The number of hydrogen-bond donors (Lipinski definition) is 0. The smallest absolute Gasteiger partial charge is 0.0677 e. The van der Waals surface area contributed by atoms with Gasteiger partial charge in [-0.2, -0.15) is 5.10 Å². The molecular weight excluding hydrogens is 292 g/mol. The van der Waals surface area contributed by atoms with Crippen LogP contribution in [0.25, 0.3) is 5.57 Å². The van der Waals surface area contributed by atoms with Crippen molar-refractivity contribution in [3.8, 4) is 0 Å². The van der Waals surface area contributed by atoms with Crippen molar-refractivity contribution in [2.45, 2.75) is 52.5 Å². The van der Waals surface area contributed by atoms with Crippen LogP contribution in [0.5, 0.6) is 0 Å². The van der Waals surface area contributed by atoms with E-state index >= 15 is 0 Å². The van der Waals surface area contributed by atoms with E-state index in [1.807, 2.05) is 18.3 Å². The zero-order valence-corrected chi connectivity index (χ0v) is 14.7. The molecule has 0 saturated carbocycles. The number of hydrogen-bond acceptors (Lipinski definition) is 1. The molecule has 2 nitrogen and oxygen atoms in total. The molecule has 3 heteroatoms. The Morgan fingerprint density at radius 2 is 1.86 bits per heavy atom. The second kappa shape index (κ2) is 7.15. The van der Waals surface area contributed by atoms with Crippen molar-refractivity contribution in [1.29, 1.82) is 0 Å². The van der Waals surface area contributed by atoms with Crippen LogP contribution in [0.2, 0.25) is 5.02 Å². The van der Waals surface area contributed by atoms with Gasteiger partial charge in [0.1, 0.15) is 0 Å². The molecule has 0 fully saturated rings. The molecule has 1 aromatic heterocycles. The van der Waals surface area contributed by atoms with Crippen LogP contribution in [0.1, 0.15) is 69.3 Å². The molecule has 2 aromatic rings. The van der Waals surface area contributed by atoms with Gasteiger partial charge in [0, 0.05) is 22.5 Å². The predicted molar refractivity (Wildman–Crippen MR) is 95.5 cm³/mol. The summed E-state index contributed by atoms with van der Waals surface area (Å²) >= 11 is 6.00. The summed E-state index contributed by atoms with van der Waals surface area (Å²) in [7, 11) is 0. The van der Waals surface area contributed by atoms with E-state index in [1.165, 1.54) is 22.4 Å². The lowest BCUT2D eigenvalue weighted by atomic mass is 9.91. The van der Waals surface area contributed by atoms with Gasteiger partial charge >= 0.3 is 0 Å². The normalized spacial score (nSPS) is 12.6. The molecule has 1 atom stereocenters. The van der Waals surface area contributed by atoms with Gasteiger partial charge in [0.15, 0.2) is 0 Å².